The number of carbonyl (C=O) groups is 2. The number of hydrogen-bond acceptors (Lipinski definition) is 4. The van der Waals surface area contributed by atoms with E-state index in [1.165, 1.54) is 33.8 Å². The van der Waals surface area contributed by atoms with Gasteiger partial charge in [0.15, 0.2) is 6.61 Å². The molecule has 4 rings (SSSR count). The molecule has 0 bridgehead atoms. The monoisotopic (exact) mass is 411 g/mol. The lowest BCUT2D eigenvalue weighted by atomic mass is 9.90. The minimum absolute atomic E-state index is 0.0774. The fourth-order valence-electron chi connectivity index (χ4n) is 4.43. The first-order valence-electron chi connectivity index (χ1n) is 10.7. The zero-order valence-corrected chi connectivity index (χ0v) is 17.9. The van der Waals surface area contributed by atoms with Crippen molar-refractivity contribution in [3.05, 3.63) is 57.3 Å². The summed E-state index contributed by atoms with van der Waals surface area (Å²) in [7, 11) is 0. The smallest absolute Gasteiger partial charge is 0.348 e. The Hall–Kier alpha value is -2.14. The molecular weight excluding hydrogens is 382 g/mol. The average Bonchev–Trinajstić information content (AvgIpc) is 3.16. The van der Waals surface area contributed by atoms with Crippen LogP contribution in [0.15, 0.2) is 36.4 Å². The first-order chi connectivity index (χ1) is 14.1. The molecule has 1 aromatic heterocycles. The lowest BCUT2D eigenvalue weighted by Crippen LogP contribution is -2.41. The summed E-state index contributed by atoms with van der Waals surface area (Å²) in [4.78, 5) is 28.7. The van der Waals surface area contributed by atoms with Crippen LogP contribution in [0.2, 0.25) is 0 Å². The van der Waals surface area contributed by atoms with Gasteiger partial charge in [-0.1, -0.05) is 37.3 Å². The number of thiophene rings is 1. The number of benzene rings is 1. The van der Waals surface area contributed by atoms with Gasteiger partial charge in [-0.3, -0.25) is 4.79 Å². The van der Waals surface area contributed by atoms with Crippen LogP contribution >= 0.6 is 11.3 Å². The molecule has 4 nitrogen and oxygen atoms in total. The Labute approximate surface area is 176 Å². The van der Waals surface area contributed by atoms with Crippen LogP contribution in [0.4, 0.5) is 0 Å². The highest BCUT2D eigenvalue weighted by Gasteiger charge is 2.25. The second-order valence-corrected chi connectivity index (χ2v) is 9.63. The molecule has 0 spiro atoms. The fraction of sp³-hybridized carbons (Fsp3) is 0.500. The molecule has 1 saturated heterocycles. The minimum atomic E-state index is -0.357. The van der Waals surface area contributed by atoms with Crippen LogP contribution < -0.4 is 0 Å². The third-order valence-corrected chi connectivity index (χ3v) is 7.41. The number of likely N-dealkylation sites (tertiary alicyclic amines) is 1. The number of esters is 1. The highest BCUT2D eigenvalue weighted by molar-refractivity contribution is 7.14. The van der Waals surface area contributed by atoms with Crippen LogP contribution in [-0.2, 0) is 28.8 Å². The summed E-state index contributed by atoms with van der Waals surface area (Å²) in [5.41, 5.74) is 2.65. The molecule has 1 aliphatic heterocycles. The molecule has 0 radical (unpaired) electrons. The first-order valence-corrected chi connectivity index (χ1v) is 11.5. The van der Waals surface area contributed by atoms with E-state index in [-0.39, 0.29) is 18.5 Å². The van der Waals surface area contributed by atoms with Crippen molar-refractivity contribution >= 4 is 23.2 Å². The van der Waals surface area contributed by atoms with Crippen molar-refractivity contribution in [2.75, 3.05) is 19.7 Å². The minimum Gasteiger partial charge on any atom is -0.451 e. The highest BCUT2D eigenvalue weighted by atomic mass is 32.1. The van der Waals surface area contributed by atoms with Gasteiger partial charge in [-0.2, -0.15) is 0 Å². The first kappa shape index (κ1) is 20.1. The van der Waals surface area contributed by atoms with Crippen molar-refractivity contribution in [1.29, 1.82) is 0 Å². The summed E-state index contributed by atoms with van der Waals surface area (Å²) in [5.74, 6) is 0.854. The Balaban J connectivity index is 1.23. The molecule has 1 fully saturated rings. The predicted octanol–water partition coefficient (Wildman–Crippen LogP) is 4.51. The van der Waals surface area contributed by atoms with E-state index < -0.39 is 0 Å². The van der Waals surface area contributed by atoms with E-state index in [1.54, 1.807) is 0 Å². The van der Waals surface area contributed by atoms with Gasteiger partial charge in [0.2, 0.25) is 0 Å². The number of piperidine rings is 1. The average molecular weight is 412 g/mol. The maximum Gasteiger partial charge on any atom is 0.348 e. The Morgan fingerprint density at radius 3 is 2.66 bits per heavy atom. The molecule has 0 unspecified atom stereocenters. The summed E-state index contributed by atoms with van der Waals surface area (Å²) in [5, 5.41) is 0. The summed E-state index contributed by atoms with van der Waals surface area (Å²) in [6, 6.07) is 12.5. The van der Waals surface area contributed by atoms with Gasteiger partial charge in [0.05, 0.1) is 0 Å². The fourth-order valence-corrected chi connectivity index (χ4v) is 5.53. The zero-order chi connectivity index (χ0) is 20.2. The van der Waals surface area contributed by atoms with Crippen LogP contribution in [0.1, 0.15) is 51.9 Å². The second-order valence-electron chi connectivity index (χ2n) is 8.50. The van der Waals surface area contributed by atoms with Crippen molar-refractivity contribution in [2.45, 2.75) is 45.4 Å². The van der Waals surface area contributed by atoms with Crippen molar-refractivity contribution in [2.24, 2.45) is 11.8 Å². The Morgan fingerprint density at radius 2 is 1.90 bits per heavy atom. The number of amides is 1. The van der Waals surface area contributed by atoms with Crippen molar-refractivity contribution < 1.29 is 14.3 Å². The van der Waals surface area contributed by atoms with Crippen molar-refractivity contribution in [1.82, 2.24) is 4.90 Å². The van der Waals surface area contributed by atoms with Gasteiger partial charge in [-0.05, 0) is 67.6 Å². The van der Waals surface area contributed by atoms with Crippen LogP contribution in [0.25, 0.3) is 0 Å². The molecule has 1 atom stereocenters. The number of carbonyl (C=O) groups excluding carboxylic acids is 2. The topological polar surface area (TPSA) is 46.6 Å². The third kappa shape index (κ3) is 5.08. The van der Waals surface area contributed by atoms with E-state index in [2.05, 4.69) is 31.2 Å². The maximum absolute atomic E-state index is 12.5. The molecule has 0 saturated carbocycles. The SMILES string of the molecule is C[C@@H]1CCc2sc(C(=O)OCC(=O)N3CCC(Cc4ccccc4)CC3)cc2C1. The number of rotatable bonds is 5. The lowest BCUT2D eigenvalue weighted by Gasteiger charge is -2.32. The quantitative estimate of drug-likeness (QED) is 0.680. The molecule has 2 aliphatic rings. The summed E-state index contributed by atoms with van der Waals surface area (Å²) >= 11 is 1.53. The molecule has 29 heavy (non-hydrogen) atoms. The molecule has 5 heteroatoms. The van der Waals surface area contributed by atoms with Crippen LogP contribution in [0, 0.1) is 11.8 Å². The number of hydrogen-bond donors (Lipinski definition) is 0. The molecule has 1 aromatic carbocycles. The van der Waals surface area contributed by atoms with E-state index in [4.69, 9.17) is 4.74 Å². The molecular formula is C24H29NO3S. The van der Waals surface area contributed by atoms with Crippen molar-refractivity contribution in [3.63, 3.8) is 0 Å². The van der Waals surface area contributed by atoms with E-state index in [9.17, 15) is 9.59 Å². The van der Waals surface area contributed by atoms with Gasteiger partial charge in [0.1, 0.15) is 4.88 Å². The summed E-state index contributed by atoms with van der Waals surface area (Å²) < 4.78 is 5.35. The standard InChI is InChI=1S/C24H29NO3S/c1-17-7-8-21-20(13-17)15-22(29-21)24(27)28-16-23(26)25-11-9-19(10-12-25)14-18-5-3-2-4-6-18/h2-6,15,17,19H,7-14,16H2,1H3/t17-/m1/s1. The van der Waals surface area contributed by atoms with E-state index in [1.807, 2.05) is 17.0 Å². The second kappa shape index (κ2) is 9.12. The number of aryl methyl sites for hydroxylation is 1. The van der Waals surface area contributed by atoms with Gasteiger partial charge >= 0.3 is 5.97 Å². The van der Waals surface area contributed by atoms with Gasteiger partial charge in [-0.25, -0.2) is 4.79 Å². The summed E-state index contributed by atoms with van der Waals surface area (Å²) in [6.07, 6.45) is 6.34. The Morgan fingerprint density at radius 1 is 1.14 bits per heavy atom. The van der Waals surface area contributed by atoms with Crippen LogP contribution in [-0.4, -0.2) is 36.5 Å². The lowest BCUT2D eigenvalue weighted by molar-refractivity contribution is -0.135. The Bertz CT molecular complexity index is 852. The molecule has 1 aliphatic carbocycles. The Kier molecular flexibility index (Phi) is 6.34. The van der Waals surface area contributed by atoms with E-state index >= 15 is 0 Å². The number of fused-ring (bicyclic) bond motifs is 1. The summed E-state index contributed by atoms with van der Waals surface area (Å²) in [6.45, 7) is 3.60. The zero-order valence-electron chi connectivity index (χ0n) is 17.1. The number of nitrogens with zero attached hydrogens (tertiary/aromatic N) is 1. The normalized spacial score (nSPS) is 19.6. The van der Waals surface area contributed by atoms with Gasteiger partial charge < -0.3 is 9.64 Å². The molecule has 0 N–H and O–H groups in total. The van der Waals surface area contributed by atoms with Gasteiger partial charge in [0, 0.05) is 18.0 Å². The number of ether oxygens (including phenoxy) is 1. The maximum atomic E-state index is 12.5. The van der Waals surface area contributed by atoms with Gasteiger partial charge in [-0.15, -0.1) is 11.3 Å². The highest BCUT2D eigenvalue weighted by Crippen LogP contribution is 2.32. The van der Waals surface area contributed by atoms with Crippen molar-refractivity contribution in [3.8, 4) is 0 Å². The third-order valence-electron chi connectivity index (χ3n) is 6.19. The molecule has 1 amide bonds. The van der Waals surface area contributed by atoms with E-state index in [0.717, 1.165) is 45.2 Å². The largest absolute Gasteiger partial charge is 0.451 e. The van der Waals surface area contributed by atoms with Crippen LogP contribution in [0.3, 0.4) is 0 Å². The van der Waals surface area contributed by atoms with Crippen LogP contribution in [0.5, 0.6) is 0 Å². The predicted molar refractivity (Wildman–Crippen MR) is 115 cm³/mol. The molecule has 154 valence electrons. The molecule has 2 heterocycles. The molecule has 2 aromatic rings. The van der Waals surface area contributed by atoms with E-state index in [0.29, 0.717) is 16.7 Å². The van der Waals surface area contributed by atoms with Gasteiger partial charge in [0.25, 0.3) is 5.91 Å².